The normalized spacial score (nSPS) is 12.4. The summed E-state index contributed by atoms with van der Waals surface area (Å²) in [6.45, 7) is 0.928. The molecule has 1 aliphatic heterocycles. The van der Waals surface area contributed by atoms with E-state index in [1.54, 1.807) is 36.4 Å². The van der Waals surface area contributed by atoms with Gasteiger partial charge in [-0.15, -0.1) is 11.3 Å². The van der Waals surface area contributed by atoms with Crippen molar-refractivity contribution >= 4 is 56.2 Å². The maximum atomic E-state index is 12.8. The Morgan fingerprint density at radius 3 is 2.50 bits per heavy atom. The van der Waals surface area contributed by atoms with Gasteiger partial charge in [0.2, 0.25) is 0 Å². The van der Waals surface area contributed by atoms with Gasteiger partial charge in [0.1, 0.15) is 13.2 Å². The summed E-state index contributed by atoms with van der Waals surface area (Å²) in [4.78, 5) is 26.0. The first-order chi connectivity index (χ1) is 15.6. The lowest BCUT2D eigenvalue weighted by atomic mass is 10.1. The van der Waals surface area contributed by atoms with E-state index in [0.29, 0.717) is 51.6 Å². The van der Waals surface area contributed by atoms with E-state index in [1.165, 1.54) is 11.3 Å². The molecule has 3 aromatic carbocycles. The molecule has 2 amide bonds. The summed E-state index contributed by atoms with van der Waals surface area (Å²) in [6.07, 6.45) is 0. The van der Waals surface area contributed by atoms with Crippen LogP contribution in [0.25, 0.3) is 10.1 Å². The minimum atomic E-state index is -0.314. The van der Waals surface area contributed by atoms with E-state index in [4.69, 9.17) is 21.1 Å². The topological polar surface area (TPSA) is 76.7 Å². The molecular weight excluding hydrogens is 448 g/mol. The second kappa shape index (κ2) is 8.53. The molecule has 0 atom stereocenters. The van der Waals surface area contributed by atoms with Crippen molar-refractivity contribution in [3.63, 3.8) is 0 Å². The van der Waals surface area contributed by atoms with Crippen LogP contribution in [0.4, 0.5) is 11.4 Å². The van der Waals surface area contributed by atoms with Crippen LogP contribution in [0.15, 0.2) is 66.7 Å². The van der Waals surface area contributed by atoms with Crippen LogP contribution in [0.1, 0.15) is 20.0 Å². The van der Waals surface area contributed by atoms with Crippen LogP contribution in [0.2, 0.25) is 5.02 Å². The highest BCUT2D eigenvalue weighted by Gasteiger charge is 2.16. The minimum absolute atomic E-state index is 0.261. The van der Waals surface area contributed by atoms with Crippen molar-refractivity contribution in [3.8, 4) is 11.5 Å². The first-order valence-electron chi connectivity index (χ1n) is 9.87. The smallest absolute Gasteiger partial charge is 0.265 e. The maximum Gasteiger partial charge on any atom is 0.265 e. The van der Waals surface area contributed by atoms with E-state index in [9.17, 15) is 9.59 Å². The largest absolute Gasteiger partial charge is 0.486 e. The number of benzene rings is 3. The second-order valence-corrected chi connectivity index (χ2v) is 8.60. The van der Waals surface area contributed by atoms with Crippen molar-refractivity contribution in [3.05, 3.63) is 82.2 Å². The number of rotatable bonds is 4. The van der Waals surface area contributed by atoms with Gasteiger partial charge in [0.05, 0.1) is 15.6 Å². The van der Waals surface area contributed by atoms with Gasteiger partial charge in [0.25, 0.3) is 11.8 Å². The first-order valence-corrected chi connectivity index (χ1v) is 11.1. The van der Waals surface area contributed by atoms with Crippen LogP contribution >= 0.6 is 22.9 Å². The number of ether oxygens (including phenoxy) is 2. The van der Waals surface area contributed by atoms with Crippen LogP contribution < -0.4 is 20.1 Å². The molecule has 2 N–H and O–H groups in total. The third-order valence-electron chi connectivity index (χ3n) is 4.93. The second-order valence-electron chi connectivity index (χ2n) is 7.11. The number of anilines is 2. The summed E-state index contributed by atoms with van der Waals surface area (Å²) in [5, 5.41) is 7.04. The number of carbonyl (C=O) groups is 2. The molecule has 0 radical (unpaired) electrons. The number of fused-ring (bicyclic) bond motifs is 2. The molecule has 0 fully saturated rings. The number of amides is 2. The van der Waals surface area contributed by atoms with Crippen LogP contribution in [0, 0.1) is 0 Å². The van der Waals surface area contributed by atoms with Crippen molar-refractivity contribution in [2.45, 2.75) is 0 Å². The predicted octanol–water partition coefficient (Wildman–Crippen LogP) is 5.83. The zero-order valence-corrected chi connectivity index (χ0v) is 18.3. The van der Waals surface area contributed by atoms with Crippen LogP contribution in [-0.4, -0.2) is 25.0 Å². The molecule has 1 aromatic heterocycles. The summed E-state index contributed by atoms with van der Waals surface area (Å²) in [6, 6.07) is 19.6. The molecular formula is C24H17ClN2O4S. The molecule has 2 heterocycles. The van der Waals surface area contributed by atoms with E-state index in [0.717, 1.165) is 10.1 Å². The molecule has 4 aromatic rings. The molecule has 8 heteroatoms. The molecule has 0 spiro atoms. The fourth-order valence-electron chi connectivity index (χ4n) is 3.36. The average Bonchev–Trinajstić information content (AvgIpc) is 3.25. The van der Waals surface area contributed by atoms with Gasteiger partial charge in [-0.25, -0.2) is 0 Å². The van der Waals surface area contributed by atoms with Crippen molar-refractivity contribution in [2.75, 3.05) is 23.8 Å². The Labute approximate surface area is 192 Å². The highest BCUT2D eigenvalue weighted by molar-refractivity contribution is 7.20. The fraction of sp³-hybridized carbons (Fsp3) is 0.0833. The predicted molar refractivity (Wildman–Crippen MR) is 127 cm³/mol. The zero-order chi connectivity index (χ0) is 22.1. The zero-order valence-electron chi connectivity index (χ0n) is 16.7. The number of halogens is 1. The monoisotopic (exact) mass is 464 g/mol. The van der Waals surface area contributed by atoms with Crippen molar-refractivity contribution < 1.29 is 19.1 Å². The SMILES string of the molecule is O=C(Nc1ccc(Cl)c(NC(=O)c2cc3ccccc3s2)c1)c1ccc2c(c1)OCCO2. The Kier molecular flexibility index (Phi) is 5.43. The number of carbonyl (C=O) groups excluding carboxylic acids is 2. The van der Waals surface area contributed by atoms with Crippen molar-refractivity contribution in [1.29, 1.82) is 0 Å². The summed E-state index contributed by atoms with van der Waals surface area (Å²) in [5.74, 6) is 0.580. The summed E-state index contributed by atoms with van der Waals surface area (Å²) >= 11 is 7.69. The van der Waals surface area contributed by atoms with Crippen molar-refractivity contribution in [2.24, 2.45) is 0 Å². The molecule has 0 unspecified atom stereocenters. The van der Waals surface area contributed by atoms with E-state index >= 15 is 0 Å². The summed E-state index contributed by atoms with van der Waals surface area (Å²) in [7, 11) is 0. The molecule has 6 nitrogen and oxygen atoms in total. The van der Waals surface area contributed by atoms with Gasteiger partial charge in [-0.05, 0) is 53.9 Å². The third-order valence-corrected chi connectivity index (χ3v) is 6.37. The van der Waals surface area contributed by atoms with E-state index in [2.05, 4.69) is 10.6 Å². The minimum Gasteiger partial charge on any atom is -0.486 e. The van der Waals surface area contributed by atoms with E-state index in [1.807, 2.05) is 30.3 Å². The Bertz CT molecular complexity index is 1320. The molecule has 1 aliphatic rings. The molecule has 0 saturated heterocycles. The molecule has 160 valence electrons. The number of thiophene rings is 1. The molecule has 0 saturated carbocycles. The van der Waals surface area contributed by atoms with Gasteiger partial charge in [0.15, 0.2) is 11.5 Å². The van der Waals surface area contributed by atoms with Gasteiger partial charge in [-0.1, -0.05) is 29.8 Å². The average molecular weight is 465 g/mol. The van der Waals surface area contributed by atoms with Gasteiger partial charge >= 0.3 is 0 Å². The van der Waals surface area contributed by atoms with Gasteiger partial charge in [0, 0.05) is 16.0 Å². The van der Waals surface area contributed by atoms with Crippen molar-refractivity contribution in [1.82, 2.24) is 0 Å². The Balaban J connectivity index is 1.33. The van der Waals surface area contributed by atoms with Gasteiger partial charge < -0.3 is 20.1 Å². The van der Waals surface area contributed by atoms with E-state index in [-0.39, 0.29) is 11.8 Å². The third kappa shape index (κ3) is 4.12. The Hall–Kier alpha value is -3.55. The quantitative estimate of drug-likeness (QED) is 0.398. The fourth-order valence-corrected chi connectivity index (χ4v) is 4.49. The Morgan fingerprint density at radius 1 is 0.844 bits per heavy atom. The lowest BCUT2D eigenvalue weighted by molar-refractivity contribution is 0.102. The molecule has 5 rings (SSSR count). The lowest BCUT2D eigenvalue weighted by Gasteiger charge is -2.18. The number of hydrogen-bond donors (Lipinski definition) is 2. The highest BCUT2D eigenvalue weighted by atomic mass is 35.5. The number of hydrogen-bond acceptors (Lipinski definition) is 5. The Morgan fingerprint density at radius 2 is 1.66 bits per heavy atom. The standard InChI is InChI=1S/C24H17ClN2O4S/c25-17-7-6-16(26-23(28)15-5-8-19-20(11-15)31-10-9-30-19)13-18(17)27-24(29)22-12-14-3-1-2-4-21(14)32-22/h1-8,11-13H,9-10H2,(H,26,28)(H,27,29). The number of nitrogens with one attached hydrogen (secondary N) is 2. The summed E-state index contributed by atoms with van der Waals surface area (Å²) < 4.78 is 12.1. The van der Waals surface area contributed by atoms with Crippen LogP contribution in [0.3, 0.4) is 0 Å². The van der Waals surface area contributed by atoms with E-state index < -0.39 is 0 Å². The molecule has 0 bridgehead atoms. The molecule has 0 aliphatic carbocycles. The first kappa shape index (κ1) is 20.4. The van der Waals surface area contributed by atoms with Gasteiger partial charge in [-0.3, -0.25) is 9.59 Å². The van der Waals surface area contributed by atoms with Crippen LogP contribution in [0.5, 0.6) is 11.5 Å². The van der Waals surface area contributed by atoms with Gasteiger partial charge in [-0.2, -0.15) is 0 Å². The maximum absolute atomic E-state index is 12.8. The molecule has 32 heavy (non-hydrogen) atoms. The van der Waals surface area contributed by atoms with Crippen LogP contribution in [-0.2, 0) is 0 Å². The lowest BCUT2D eigenvalue weighted by Crippen LogP contribution is -2.17. The summed E-state index contributed by atoms with van der Waals surface area (Å²) in [5.41, 5.74) is 1.34. The highest BCUT2D eigenvalue weighted by Crippen LogP contribution is 2.32.